The van der Waals surface area contributed by atoms with Crippen molar-refractivity contribution in [1.82, 2.24) is 0 Å². The summed E-state index contributed by atoms with van der Waals surface area (Å²) in [6, 6.07) is 19.3. The van der Waals surface area contributed by atoms with Crippen molar-refractivity contribution in [3.63, 3.8) is 0 Å². The largest absolute Gasteiger partial charge is 0.324 e. The SMILES string of the molecule is CCc1cccc(CC)c1NC(=O)Nc1sc2cc3c(cc2c1-c1ccccc1C)CCCC3. The molecule has 2 N–H and O–H groups in total. The van der Waals surface area contributed by atoms with Crippen LogP contribution in [0.5, 0.6) is 0 Å². The Balaban J connectivity index is 1.58. The van der Waals surface area contributed by atoms with Crippen LogP contribution in [-0.2, 0) is 25.7 Å². The van der Waals surface area contributed by atoms with E-state index in [0.717, 1.165) is 53.1 Å². The summed E-state index contributed by atoms with van der Waals surface area (Å²) in [7, 11) is 0. The second-order valence-corrected chi connectivity index (χ2v) is 10.2. The van der Waals surface area contributed by atoms with Crippen LogP contribution < -0.4 is 10.6 Å². The number of anilines is 2. The molecule has 2 amide bonds. The fourth-order valence-electron chi connectivity index (χ4n) is 5.19. The first kappa shape index (κ1) is 22.7. The fourth-order valence-corrected chi connectivity index (χ4v) is 6.34. The Morgan fingerprint density at radius 3 is 2.24 bits per heavy atom. The van der Waals surface area contributed by atoms with Crippen LogP contribution in [0.2, 0.25) is 0 Å². The van der Waals surface area contributed by atoms with E-state index in [2.05, 4.69) is 86.0 Å². The number of aryl methyl sites for hydroxylation is 5. The van der Waals surface area contributed by atoms with E-state index >= 15 is 0 Å². The van der Waals surface area contributed by atoms with Gasteiger partial charge in [0.15, 0.2) is 0 Å². The third-order valence-corrected chi connectivity index (χ3v) is 8.10. The molecule has 5 rings (SSSR count). The van der Waals surface area contributed by atoms with Gasteiger partial charge in [-0.2, -0.15) is 0 Å². The molecule has 0 bridgehead atoms. The predicted octanol–water partition coefficient (Wildman–Crippen LogP) is 8.52. The van der Waals surface area contributed by atoms with Gasteiger partial charge in [0.2, 0.25) is 0 Å². The minimum atomic E-state index is -0.179. The Kier molecular flexibility index (Phi) is 6.42. The minimum Gasteiger partial charge on any atom is -0.307 e. The lowest BCUT2D eigenvalue weighted by molar-refractivity contribution is 0.262. The summed E-state index contributed by atoms with van der Waals surface area (Å²) in [6.07, 6.45) is 6.58. The van der Waals surface area contributed by atoms with Crippen LogP contribution in [0.3, 0.4) is 0 Å². The highest BCUT2D eigenvalue weighted by Crippen LogP contribution is 2.45. The molecule has 3 aromatic carbocycles. The van der Waals surface area contributed by atoms with Gasteiger partial charge in [-0.05, 0) is 91.0 Å². The van der Waals surface area contributed by atoms with Gasteiger partial charge in [-0.15, -0.1) is 11.3 Å². The highest BCUT2D eigenvalue weighted by atomic mass is 32.1. The van der Waals surface area contributed by atoms with E-state index in [1.807, 2.05) is 0 Å². The molecule has 4 heteroatoms. The topological polar surface area (TPSA) is 41.1 Å². The number of carbonyl (C=O) groups excluding carboxylic acids is 1. The van der Waals surface area contributed by atoms with Crippen LogP contribution in [0.1, 0.15) is 54.5 Å². The zero-order valence-corrected chi connectivity index (χ0v) is 21.1. The summed E-state index contributed by atoms with van der Waals surface area (Å²) in [5.41, 5.74) is 9.75. The molecule has 0 saturated carbocycles. The normalized spacial score (nSPS) is 13.0. The lowest BCUT2D eigenvalue weighted by Gasteiger charge is -2.16. The Morgan fingerprint density at radius 1 is 0.882 bits per heavy atom. The Hall–Kier alpha value is -3.11. The molecule has 0 radical (unpaired) electrons. The molecule has 1 aromatic heterocycles. The average molecular weight is 469 g/mol. The van der Waals surface area contributed by atoms with Crippen molar-refractivity contribution in [2.75, 3.05) is 10.6 Å². The summed E-state index contributed by atoms with van der Waals surface area (Å²) in [6.45, 7) is 6.40. The maximum absolute atomic E-state index is 13.3. The first-order valence-corrected chi connectivity index (χ1v) is 13.2. The molecule has 4 aromatic rings. The molecule has 0 atom stereocenters. The van der Waals surface area contributed by atoms with Crippen LogP contribution in [0.15, 0.2) is 54.6 Å². The van der Waals surface area contributed by atoms with Crippen molar-refractivity contribution in [3.05, 3.63) is 82.4 Å². The highest BCUT2D eigenvalue weighted by molar-refractivity contribution is 7.23. The molecule has 1 heterocycles. The van der Waals surface area contributed by atoms with Crippen LogP contribution in [-0.4, -0.2) is 6.03 Å². The number of para-hydroxylation sites is 1. The van der Waals surface area contributed by atoms with Gasteiger partial charge in [-0.25, -0.2) is 4.79 Å². The predicted molar refractivity (Wildman–Crippen MR) is 146 cm³/mol. The molecule has 1 aliphatic carbocycles. The van der Waals surface area contributed by atoms with Crippen LogP contribution in [0, 0.1) is 6.92 Å². The number of urea groups is 1. The number of carbonyl (C=O) groups is 1. The Labute approximate surface area is 206 Å². The molecule has 0 saturated heterocycles. The third kappa shape index (κ3) is 4.23. The number of rotatable bonds is 5. The summed E-state index contributed by atoms with van der Waals surface area (Å²) < 4.78 is 1.25. The molecular formula is C30H32N2OS. The second kappa shape index (κ2) is 9.63. The van der Waals surface area contributed by atoms with Crippen molar-refractivity contribution in [2.24, 2.45) is 0 Å². The van der Waals surface area contributed by atoms with Crippen LogP contribution in [0.25, 0.3) is 21.2 Å². The minimum absolute atomic E-state index is 0.179. The number of benzene rings is 3. The van der Waals surface area contributed by atoms with Crippen molar-refractivity contribution >= 4 is 38.1 Å². The third-order valence-electron chi connectivity index (χ3n) is 7.03. The maximum Gasteiger partial charge on any atom is 0.324 e. The van der Waals surface area contributed by atoms with Crippen molar-refractivity contribution < 1.29 is 4.79 Å². The number of amides is 2. The van der Waals surface area contributed by atoms with E-state index in [-0.39, 0.29) is 6.03 Å². The van der Waals surface area contributed by atoms with Gasteiger partial charge in [0, 0.05) is 21.3 Å². The maximum atomic E-state index is 13.3. The van der Waals surface area contributed by atoms with E-state index in [9.17, 15) is 4.79 Å². The fraction of sp³-hybridized carbons (Fsp3) is 0.300. The quantitative estimate of drug-likeness (QED) is 0.303. The molecule has 1 aliphatic rings. The number of nitrogens with one attached hydrogen (secondary N) is 2. The van der Waals surface area contributed by atoms with Gasteiger partial charge < -0.3 is 5.32 Å². The van der Waals surface area contributed by atoms with Crippen molar-refractivity contribution in [1.29, 1.82) is 0 Å². The number of hydrogen-bond donors (Lipinski definition) is 2. The van der Waals surface area contributed by atoms with E-state index in [1.165, 1.54) is 45.2 Å². The first-order valence-electron chi connectivity index (χ1n) is 12.4. The van der Waals surface area contributed by atoms with Gasteiger partial charge in [-0.3, -0.25) is 5.32 Å². The number of fused-ring (bicyclic) bond motifs is 2. The van der Waals surface area contributed by atoms with Crippen molar-refractivity contribution in [3.8, 4) is 11.1 Å². The first-order chi connectivity index (χ1) is 16.6. The summed E-state index contributed by atoms with van der Waals surface area (Å²) in [5, 5.41) is 8.58. The lowest BCUT2D eigenvalue weighted by atomic mass is 9.89. The summed E-state index contributed by atoms with van der Waals surface area (Å²) in [5.74, 6) is 0. The van der Waals surface area contributed by atoms with Gasteiger partial charge >= 0.3 is 6.03 Å². The van der Waals surface area contributed by atoms with E-state index in [1.54, 1.807) is 11.3 Å². The standard InChI is InChI=1S/C30H32N2OS/c1-4-20-14-10-15-21(5-2)28(20)31-30(33)32-29-27(24-16-9-6-11-19(24)3)25-17-22-12-7-8-13-23(22)18-26(25)34-29/h6,9-11,14-18H,4-5,7-8,12-13H2,1-3H3,(H2,31,32,33). The molecule has 0 spiro atoms. The molecule has 0 unspecified atom stereocenters. The molecule has 34 heavy (non-hydrogen) atoms. The number of thiophene rings is 1. The van der Waals surface area contributed by atoms with E-state index < -0.39 is 0 Å². The van der Waals surface area contributed by atoms with Gasteiger partial charge in [0.05, 0.1) is 0 Å². The van der Waals surface area contributed by atoms with Crippen LogP contribution in [0.4, 0.5) is 15.5 Å². The van der Waals surface area contributed by atoms with E-state index in [4.69, 9.17) is 0 Å². The van der Waals surface area contributed by atoms with Crippen LogP contribution >= 0.6 is 11.3 Å². The highest BCUT2D eigenvalue weighted by Gasteiger charge is 2.21. The zero-order valence-electron chi connectivity index (χ0n) is 20.3. The lowest BCUT2D eigenvalue weighted by Crippen LogP contribution is -2.21. The molecule has 3 nitrogen and oxygen atoms in total. The molecular weight excluding hydrogens is 436 g/mol. The zero-order chi connectivity index (χ0) is 23.7. The van der Waals surface area contributed by atoms with Gasteiger partial charge in [0.1, 0.15) is 5.00 Å². The summed E-state index contributed by atoms with van der Waals surface area (Å²) >= 11 is 1.69. The van der Waals surface area contributed by atoms with E-state index in [0.29, 0.717) is 0 Å². The molecule has 0 aliphatic heterocycles. The molecule has 174 valence electrons. The number of hydrogen-bond acceptors (Lipinski definition) is 2. The summed E-state index contributed by atoms with van der Waals surface area (Å²) in [4.78, 5) is 13.3. The molecule has 0 fully saturated rings. The van der Waals surface area contributed by atoms with Gasteiger partial charge in [-0.1, -0.05) is 56.3 Å². The average Bonchev–Trinajstić information content (AvgIpc) is 3.19. The van der Waals surface area contributed by atoms with Gasteiger partial charge in [0.25, 0.3) is 0 Å². The monoisotopic (exact) mass is 468 g/mol. The second-order valence-electron chi connectivity index (χ2n) is 9.18. The van der Waals surface area contributed by atoms with Crippen molar-refractivity contribution in [2.45, 2.75) is 59.3 Å². The smallest absolute Gasteiger partial charge is 0.307 e. The Bertz CT molecular complexity index is 1350. The Morgan fingerprint density at radius 2 is 1.56 bits per heavy atom.